The third-order valence-corrected chi connectivity index (χ3v) is 2.29. The highest BCUT2D eigenvalue weighted by Gasteiger charge is 2.02. The molecule has 3 heteroatoms. The normalized spacial score (nSPS) is 9.90. The van der Waals surface area contributed by atoms with E-state index in [2.05, 4.69) is 22.6 Å². The zero-order chi connectivity index (χ0) is 7.56. The van der Waals surface area contributed by atoms with Crippen LogP contribution in [0.4, 0.5) is 4.39 Å². The molecule has 0 saturated carbocycles. The van der Waals surface area contributed by atoms with E-state index in [0.717, 1.165) is 0 Å². The van der Waals surface area contributed by atoms with E-state index in [9.17, 15) is 4.39 Å². The second-order valence-corrected chi connectivity index (χ2v) is 3.02. The lowest BCUT2D eigenvalue weighted by Gasteiger charge is -1.97. The van der Waals surface area contributed by atoms with Gasteiger partial charge in [0, 0.05) is 4.43 Å². The van der Waals surface area contributed by atoms with E-state index in [-0.39, 0.29) is 10.8 Å². The van der Waals surface area contributed by atoms with Crippen LogP contribution in [-0.4, -0.2) is 0 Å². The molecule has 0 spiro atoms. The fourth-order valence-corrected chi connectivity index (χ4v) is 1.43. The lowest BCUT2D eigenvalue weighted by Crippen LogP contribution is -1.84. The minimum Gasteiger partial charge on any atom is -0.205 e. The summed E-state index contributed by atoms with van der Waals surface area (Å²) >= 11 is 7.61. The van der Waals surface area contributed by atoms with E-state index in [1.54, 1.807) is 18.2 Å². The third kappa shape index (κ3) is 1.61. The number of hydrogen-bond donors (Lipinski definition) is 0. The van der Waals surface area contributed by atoms with Crippen molar-refractivity contribution in [2.75, 3.05) is 0 Å². The summed E-state index contributed by atoms with van der Waals surface area (Å²) in [5.41, 5.74) is 0.660. The largest absolute Gasteiger partial charge is 0.205 e. The van der Waals surface area contributed by atoms with Crippen molar-refractivity contribution < 1.29 is 4.39 Å². The highest BCUT2D eigenvalue weighted by atomic mass is 127. The van der Waals surface area contributed by atoms with Crippen molar-refractivity contribution in [3.05, 3.63) is 34.6 Å². The Morgan fingerprint density at radius 1 is 1.50 bits per heavy atom. The van der Waals surface area contributed by atoms with E-state index in [1.807, 2.05) is 0 Å². The lowest BCUT2D eigenvalue weighted by atomic mass is 10.2. The summed E-state index contributed by atoms with van der Waals surface area (Å²) in [7, 11) is 0. The molecule has 0 fully saturated rings. The summed E-state index contributed by atoms with van der Waals surface area (Å²) in [5, 5.41) is 0.203. The molecular weight excluding hydrogens is 265 g/mol. The molecule has 0 aliphatic rings. The van der Waals surface area contributed by atoms with Gasteiger partial charge < -0.3 is 0 Å². The molecule has 0 saturated heterocycles. The summed E-state index contributed by atoms with van der Waals surface area (Å²) in [6.07, 6.45) is 0. The smallest absolute Gasteiger partial charge is 0.145 e. The van der Waals surface area contributed by atoms with E-state index in [4.69, 9.17) is 11.6 Å². The van der Waals surface area contributed by atoms with Gasteiger partial charge in [0.25, 0.3) is 0 Å². The third-order valence-electron chi connectivity index (χ3n) is 1.18. The molecule has 0 N–H and O–H groups in total. The molecule has 1 rings (SSSR count). The van der Waals surface area contributed by atoms with Crippen LogP contribution < -0.4 is 0 Å². The van der Waals surface area contributed by atoms with Gasteiger partial charge in [-0.1, -0.05) is 46.3 Å². The summed E-state index contributed by atoms with van der Waals surface area (Å²) < 4.78 is 13.5. The molecule has 0 aliphatic heterocycles. The number of hydrogen-bond acceptors (Lipinski definition) is 0. The van der Waals surface area contributed by atoms with Crippen LogP contribution in [0.25, 0.3) is 0 Å². The van der Waals surface area contributed by atoms with Gasteiger partial charge in [0.05, 0.1) is 5.02 Å². The minimum atomic E-state index is -0.293. The number of alkyl halides is 1. The summed E-state index contributed by atoms with van der Waals surface area (Å²) in [6.45, 7) is 0. The Hall–Kier alpha value is 0.170. The van der Waals surface area contributed by atoms with Gasteiger partial charge in [-0.05, 0) is 11.6 Å². The highest BCUT2D eigenvalue weighted by molar-refractivity contribution is 14.1. The van der Waals surface area contributed by atoms with Gasteiger partial charge in [-0.25, -0.2) is 4.39 Å². The Kier molecular flexibility index (Phi) is 2.92. The highest BCUT2D eigenvalue weighted by Crippen LogP contribution is 2.19. The van der Waals surface area contributed by atoms with Crippen molar-refractivity contribution in [2.24, 2.45) is 0 Å². The first-order valence-corrected chi connectivity index (χ1v) is 4.65. The first kappa shape index (κ1) is 8.27. The van der Waals surface area contributed by atoms with E-state index in [1.165, 1.54) is 0 Å². The molecule has 0 atom stereocenters. The maximum absolute atomic E-state index is 12.9. The molecule has 0 amide bonds. The topological polar surface area (TPSA) is 0 Å². The van der Waals surface area contributed by atoms with Crippen LogP contribution in [-0.2, 0) is 4.43 Å². The maximum Gasteiger partial charge on any atom is 0.145 e. The molecule has 10 heavy (non-hydrogen) atoms. The van der Waals surface area contributed by atoms with Crippen LogP contribution in [0.2, 0.25) is 5.02 Å². The fraction of sp³-hybridized carbons (Fsp3) is 0.143. The van der Waals surface area contributed by atoms with Gasteiger partial charge in [-0.15, -0.1) is 0 Å². The summed E-state index contributed by atoms with van der Waals surface area (Å²) in [4.78, 5) is 0. The number of halogens is 3. The van der Waals surface area contributed by atoms with E-state index < -0.39 is 0 Å². The Labute approximate surface area is 77.5 Å². The average Bonchev–Trinajstić information content (AvgIpc) is 1.95. The van der Waals surface area contributed by atoms with E-state index in [0.29, 0.717) is 9.99 Å². The maximum atomic E-state index is 12.9. The SMILES string of the molecule is Fc1c(Cl)cccc1CI. The van der Waals surface area contributed by atoms with Crippen LogP contribution in [0.5, 0.6) is 0 Å². The van der Waals surface area contributed by atoms with Crippen LogP contribution >= 0.6 is 34.2 Å². The van der Waals surface area contributed by atoms with Gasteiger partial charge in [0.2, 0.25) is 0 Å². The quantitative estimate of drug-likeness (QED) is 0.542. The van der Waals surface area contributed by atoms with Gasteiger partial charge >= 0.3 is 0 Å². The number of benzene rings is 1. The number of rotatable bonds is 1. The molecule has 0 heterocycles. The molecule has 1 aromatic carbocycles. The van der Waals surface area contributed by atoms with Crippen LogP contribution in [0.15, 0.2) is 18.2 Å². The van der Waals surface area contributed by atoms with Crippen molar-refractivity contribution >= 4 is 34.2 Å². The molecule has 0 unspecified atom stereocenters. The van der Waals surface area contributed by atoms with Crippen LogP contribution in [0.1, 0.15) is 5.56 Å². The predicted molar refractivity (Wildman–Crippen MR) is 49.1 cm³/mol. The first-order valence-electron chi connectivity index (χ1n) is 2.74. The minimum absolute atomic E-state index is 0.203. The Morgan fingerprint density at radius 2 is 2.20 bits per heavy atom. The van der Waals surface area contributed by atoms with Crippen molar-refractivity contribution in [1.29, 1.82) is 0 Å². The molecular formula is C7H5ClFI. The molecule has 0 aliphatic carbocycles. The van der Waals surface area contributed by atoms with Crippen molar-refractivity contribution in [1.82, 2.24) is 0 Å². The van der Waals surface area contributed by atoms with Crippen molar-refractivity contribution in [2.45, 2.75) is 4.43 Å². The average molecular weight is 270 g/mol. The standard InChI is InChI=1S/C7H5ClFI/c8-6-3-1-2-5(4-10)7(6)9/h1-3H,4H2. The second-order valence-electron chi connectivity index (χ2n) is 1.85. The first-order chi connectivity index (χ1) is 4.75. The molecule has 54 valence electrons. The zero-order valence-corrected chi connectivity index (χ0v) is 7.99. The van der Waals surface area contributed by atoms with Crippen LogP contribution in [0, 0.1) is 5.82 Å². The second kappa shape index (κ2) is 3.53. The Balaban J connectivity index is 3.14. The molecule has 0 bridgehead atoms. The van der Waals surface area contributed by atoms with E-state index >= 15 is 0 Å². The van der Waals surface area contributed by atoms with Gasteiger partial charge in [-0.3, -0.25) is 0 Å². The molecule has 0 nitrogen and oxygen atoms in total. The van der Waals surface area contributed by atoms with Crippen LogP contribution in [0.3, 0.4) is 0 Å². The summed E-state index contributed by atoms with van der Waals surface area (Å²) in [6, 6.07) is 5.03. The molecule has 0 radical (unpaired) electrons. The van der Waals surface area contributed by atoms with Gasteiger partial charge in [-0.2, -0.15) is 0 Å². The Bertz CT molecular complexity index is 237. The summed E-state index contributed by atoms with van der Waals surface area (Å²) in [5.74, 6) is -0.293. The van der Waals surface area contributed by atoms with Crippen molar-refractivity contribution in [3.8, 4) is 0 Å². The molecule has 1 aromatic rings. The van der Waals surface area contributed by atoms with Crippen molar-refractivity contribution in [3.63, 3.8) is 0 Å². The molecule has 0 aromatic heterocycles. The lowest BCUT2D eigenvalue weighted by molar-refractivity contribution is 0.618. The fourth-order valence-electron chi connectivity index (χ4n) is 0.652. The van der Waals surface area contributed by atoms with Gasteiger partial charge in [0.1, 0.15) is 5.82 Å². The van der Waals surface area contributed by atoms with Gasteiger partial charge in [0.15, 0.2) is 0 Å². The zero-order valence-electron chi connectivity index (χ0n) is 5.07. The monoisotopic (exact) mass is 270 g/mol. The Morgan fingerprint density at radius 3 is 2.70 bits per heavy atom. The predicted octanol–water partition coefficient (Wildman–Crippen LogP) is 3.41.